The number of hydrogen-bond acceptors (Lipinski definition) is 3. The van der Waals surface area contributed by atoms with Gasteiger partial charge in [-0.1, -0.05) is 30.3 Å². The van der Waals surface area contributed by atoms with Crippen LogP contribution in [0.4, 0.5) is 0 Å². The molecule has 1 N–H and O–H groups in total. The van der Waals surface area contributed by atoms with Gasteiger partial charge in [-0.05, 0) is 30.5 Å². The zero-order valence-electron chi connectivity index (χ0n) is 12.0. The van der Waals surface area contributed by atoms with Crippen molar-refractivity contribution in [2.24, 2.45) is 0 Å². The van der Waals surface area contributed by atoms with Gasteiger partial charge in [0.2, 0.25) is 0 Å². The third kappa shape index (κ3) is 3.19. The summed E-state index contributed by atoms with van der Waals surface area (Å²) >= 11 is 0. The summed E-state index contributed by atoms with van der Waals surface area (Å²) < 4.78 is 11.6. The predicted octanol–water partition coefficient (Wildman–Crippen LogP) is 3.13. The Labute approximate surface area is 125 Å². The maximum Gasteiger partial charge on any atom is 0.123 e. The van der Waals surface area contributed by atoms with E-state index in [0.717, 1.165) is 42.9 Å². The lowest BCUT2D eigenvalue weighted by Gasteiger charge is -2.14. The summed E-state index contributed by atoms with van der Waals surface area (Å²) in [5.41, 5.74) is 3.59. The molecule has 3 nitrogen and oxygen atoms in total. The average molecular weight is 284 g/mol. The van der Waals surface area contributed by atoms with E-state index >= 15 is 0 Å². The second-order valence-corrected chi connectivity index (χ2v) is 5.22. The molecule has 0 spiro atoms. The fourth-order valence-corrected chi connectivity index (χ4v) is 2.72. The molecule has 21 heavy (non-hydrogen) atoms. The molecule has 3 heteroatoms. The number of aliphatic hydroxyl groups is 1. The van der Waals surface area contributed by atoms with Crippen molar-refractivity contribution in [2.45, 2.75) is 25.9 Å². The van der Waals surface area contributed by atoms with Crippen LogP contribution in [0.5, 0.6) is 11.5 Å². The number of ether oxygens (including phenoxy) is 2. The second kappa shape index (κ2) is 6.64. The highest BCUT2D eigenvalue weighted by Crippen LogP contribution is 2.35. The van der Waals surface area contributed by atoms with Crippen molar-refractivity contribution in [1.82, 2.24) is 0 Å². The van der Waals surface area contributed by atoms with Crippen LogP contribution < -0.4 is 9.47 Å². The van der Waals surface area contributed by atoms with Crippen molar-refractivity contribution in [3.63, 3.8) is 0 Å². The second-order valence-electron chi connectivity index (χ2n) is 5.22. The van der Waals surface area contributed by atoms with Gasteiger partial charge in [0.1, 0.15) is 18.1 Å². The van der Waals surface area contributed by atoms with Gasteiger partial charge in [0.05, 0.1) is 6.61 Å². The van der Waals surface area contributed by atoms with Crippen LogP contribution in [0.25, 0.3) is 0 Å². The maximum atomic E-state index is 9.10. The Bertz CT molecular complexity index is 593. The molecule has 0 saturated carbocycles. The predicted molar refractivity (Wildman–Crippen MR) is 81.8 cm³/mol. The van der Waals surface area contributed by atoms with Crippen molar-refractivity contribution >= 4 is 0 Å². The minimum absolute atomic E-state index is 0.197. The van der Waals surface area contributed by atoms with E-state index in [1.807, 2.05) is 30.3 Å². The standard InChI is InChI=1S/C18H20O3/c19-11-4-7-15-16-10-12-20-17(16)8-9-18(15)21-13-14-5-2-1-3-6-14/h1-3,5-6,8-9,19H,4,7,10-13H2. The first-order valence-electron chi connectivity index (χ1n) is 7.43. The van der Waals surface area contributed by atoms with Crippen molar-refractivity contribution in [2.75, 3.05) is 13.2 Å². The van der Waals surface area contributed by atoms with E-state index in [1.54, 1.807) is 0 Å². The fourth-order valence-electron chi connectivity index (χ4n) is 2.72. The monoisotopic (exact) mass is 284 g/mol. The molecule has 0 unspecified atom stereocenters. The molecular formula is C18H20O3. The fraction of sp³-hybridized carbons (Fsp3) is 0.333. The Morgan fingerprint density at radius 1 is 1.10 bits per heavy atom. The van der Waals surface area contributed by atoms with E-state index in [4.69, 9.17) is 14.6 Å². The van der Waals surface area contributed by atoms with Crippen LogP contribution in [0, 0.1) is 0 Å². The molecule has 0 fully saturated rings. The summed E-state index contributed by atoms with van der Waals surface area (Å²) in [4.78, 5) is 0. The molecule has 0 radical (unpaired) electrons. The molecule has 0 aromatic heterocycles. The van der Waals surface area contributed by atoms with Crippen molar-refractivity contribution in [3.8, 4) is 11.5 Å². The van der Waals surface area contributed by atoms with E-state index < -0.39 is 0 Å². The van der Waals surface area contributed by atoms with Crippen LogP contribution in [-0.4, -0.2) is 18.3 Å². The third-order valence-corrected chi connectivity index (χ3v) is 3.78. The summed E-state index contributed by atoms with van der Waals surface area (Å²) in [5.74, 6) is 1.88. The molecule has 0 amide bonds. The zero-order valence-corrected chi connectivity index (χ0v) is 12.0. The molecule has 0 bridgehead atoms. The molecule has 3 rings (SSSR count). The Kier molecular flexibility index (Phi) is 4.41. The van der Waals surface area contributed by atoms with E-state index in [-0.39, 0.29) is 6.61 Å². The molecule has 110 valence electrons. The van der Waals surface area contributed by atoms with Crippen LogP contribution in [0.15, 0.2) is 42.5 Å². The van der Waals surface area contributed by atoms with Gasteiger partial charge < -0.3 is 14.6 Å². The molecule has 0 aliphatic carbocycles. The first kappa shape index (κ1) is 14.0. The molecule has 1 heterocycles. The van der Waals surface area contributed by atoms with Gasteiger partial charge in [-0.15, -0.1) is 0 Å². The first-order chi connectivity index (χ1) is 10.4. The van der Waals surface area contributed by atoms with Gasteiger partial charge in [0.15, 0.2) is 0 Å². The molecule has 2 aromatic rings. The van der Waals surface area contributed by atoms with Crippen LogP contribution in [0.3, 0.4) is 0 Å². The van der Waals surface area contributed by atoms with Gasteiger partial charge >= 0.3 is 0 Å². The number of aliphatic hydroxyl groups excluding tert-OH is 1. The summed E-state index contributed by atoms with van der Waals surface area (Å²) in [6, 6.07) is 14.1. The first-order valence-corrected chi connectivity index (χ1v) is 7.43. The lowest BCUT2D eigenvalue weighted by atomic mass is 9.99. The van der Waals surface area contributed by atoms with Gasteiger partial charge in [-0.3, -0.25) is 0 Å². The quantitative estimate of drug-likeness (QED) is 0.885. The molecule has 1 aliphatic rings. The lowest BCUT2D eigenvalue weighted by molar-refractivity contribution is 0.283. The third-order valence-electron chi connectivity index (χ3n) is 3.78. The minimum Gasteiger partial charge on any atom is -0.493 e. The highest BCUT2D eigenvalue weighted by Gasteiger charge is 2.19. The summed E-state index contributed by atoms with van der Waals surface area (Å²) in [5, 5.41) is 9.10. The molecule has 2 aromatic carbocycles. The smallest absolute Gasteiger partial charge is 0.123 e. The molecular weight excluding hydrogens is 264 g/mol. The van der Waals surface area contributed by atoms with Crippen LogP contribution in [-0.2, 0) is 19.4 Å². The van der Waals surface area contributed by atoms with Crippen molar-refractivity contribution in [3.05, 3.63) is 59.2 Å². The van der Waals surface area contributed by atoms with Crippen LogP contribution >= 0.6 is 0 Å². The average Bonchev–Trinajstić information content (AvgIpc) is 3.01. The SMILES string of the molecule is OCCCc1c(OCc2ccccc2)ccc2c1CCO2. The van der Waals surface area contributed by atoms with E-state index in [9.17, 15) is 0 Å². The number of hydrogen-bond donors (Lipinski definition) is 1. The highest BCUT2D eigenvalue weighted by atomic mass is 16.5. The summed E-state index contributed by atoms with van der Waals surface area (Å²) in [7, 11) is 0. The Balaban J connectivity index is 1.80. The lowest BCUT2D eigenvalue weighted by Crippen LogP contribution is -2.02. The number of rotatable bonds is 6. The van der Waals surface area contributed by atoms with Crippen molar-refractivity contribution < 1.29 is 14.6 Å². The van der Waals surface area contributed by atoms with Crippen molar-refractivity contribution in [1.29, 1.82) is 0 Å². The van der Waals surface area contributed by atoms with Gasteiger partial charge in [-0.2, -0.15) is 0 Å². The largest absolute Gasteiger partial charge is 0.493 e. The van der Waals surface area contributed by atoms with Crippen LogP contribution in [0.1, 0.15) is 23.1 Å². The Morgan fingerprint density at radius 2 is 1.95 bits per heavy atom. The highest BCUT2D eigenvalue weighted by molar-refractivity contribution is 5.50. The van der Waals surface area contributed by atoms with Crippen LogP contribution in [0.2, 0.25) is 0 Å². The normalized spacial score (nSPS) is 12.8. The zero-order chi connectivity index (χ0) is 14.5. The van der Waals surface area contributed by atoms with E-state index in [0.29, 0.717) is 6.61 Å². The van der Waals surface area contributed by atoms with E-state index in [1.165, 1.54) is 11.1 Å². The molecule has 0 saturated heterocycles. The van der Waals surface area contributed by atoms with Gasteiger partial charge in [-0.25, -0.2) is 0 Å². The summed E-state index contributed by atoms with van der Waals surface area (Å²) in [6.45, 7) is 1.50. The Hall–Kier alpha value is -2.00. The molecule has 0 atom stereocenters. The number of fused-ring (bicyclic) bond motifs is 1. The maximum absolute atomic E-state index is 9.10. The Morgan fingerprint density at radius 3 is 2.76 bits per heavy atom. The van der Waals surface area contributed by atoms with Gasteiger partial charge in [0.25, 0.3) is 0 Å². The topological polar surface area (TPSA) is 38.7 Å². The molecule has 1 aliphatic heterocycles. The van der Waals surface area contributed by atoms with E-state index in [2.05, 4.69) is 12.1 Å². The summed E-state index contributed by atoms with van der Waals surface area (Å²) in [6.07, 6.45) is 2.50. The minimum atomic E-state index is 0.197. The van der Waals surface area contributed by atoms with Gasteiger partial charge in [0, 0.05) is 24.2 Å². The number of benzene rings is 2.